The second kappa shape index (κ2) is 18.0. The molecule has 1 atom stereocenters. The SMILES string of the molecule is CNC(=O)COc1cc2cc(Nc3nc(N4CCC(O[C@H]5C[C@H](N6CCN(c7cc(C)c8c(c7)CN(C7CCC(=O)NC7=O)C8=O)CC6)C5)CC4)ncc3Cl)ccc2n(C(C)C)c1=O. The number of hydrogen-bond donors (Lipinski definition) is 3. The zero-order chi connectivity index (χ0) is 44.8. The lowest BCUT2D eigenvalue weighted by molar-refractivity contribution is -0.137. The zero-order valence-corrected chi connectivity index (χ0v) is 37.4. The summed E-state index contributed by atoms with van der Waals surface area (Å²) in [6, 6.07) is 11.3. The van der Waals surface area contributed by atoms with Gasteiger partial charge in [-0.2, -0.15) is 4.98 Å². The Morgan fingerprint density at radius 2 is 1.72 bits per heavy atom. The first-order chi connectivity index (χ1) is 30.8. The lowest BCUT2D eigenvalue weighted by Crippen LogP contribution is -2.56. The fourth-order valence-corrected chi connectivity index (χ4v) is 9.94. The van der Waals surface area contributed by atoms with Crippen molar-refractivity contribution in [3.05, 3.63) is 74.7 Å². The molecule has 1 saturated carbocycles. The average molecular weight is 895 g/mol. The first-order valence-electron chi connectivity index (χ1n) is 22.3. The number of aromatic nitrogens is 3. The molecule has 0 radical (unpaired) electrons. The number of benzene rings is 2. The van der Waals surface area contributed by atoms with Gasteiger partial charge in [-0.25, -0.2) is 4.98 Å². The molecule has 4 aliphatic heterocycles. The van der Waals surface area contributed by atoms with Crippen molar-refractivity contribution in [1.82, 2.24) is 35.0 Å². The largest absolute Gasteiger partial charge is 0.478 e. The fraction of sp³-hybridized carbons (Fsp3) is 0.500. The number of halogens is 1. The Labute approximate surface area is 376 Å². The number of nitrogens with one attached hydrogen (secondary N) is 3. The van der Waals surface area contributed by atoms with Gasteiger partial charge in [0.1, 0.15) is 11.1 Å². The number of piperazine rings is 1. The van der Waals surface area contributed by atoms with Crippen molar-refractivity contribution in [2.45, 2.75) is 96.2 Å². The topological polar surface area (TPSA) is 184 Å². The predicted octanol–water partition coefficient (Wildman–Crippen LogP) is 4.30. The summed E-state index contributed by atoms with van der Waals surface area (Å²) in [4.78, 5) is 80.9. The molecule has 0 bridgehead atoms. The number of pyridine rings is 1. The summed E-state index contributed by atoms with van der Waals surface area (Å²) in [5, 5.41) is 9.36. The molecule has 17 nitrogen and oxygen atoms in total. The number of likely N-dealkylation sites (N-methyl/N-ethyl adjacent to an activating group) is 1. The van der Waals surface area contributed by atoms with Gasteiger partial charge in [-0.1, -0.05) is 11.6 Å². The molecule has 18 heteroatoms. The smallest absolute Gasteiger partial charge is 0.293 e. The van der Waals surface area contributed by atoms with Gasteiger partial charge >= 0.3 is 0 Å². The number of carbonyl (C=O) groups excluding carboxylic acids is 4. The highest BCUT2D eigenvalue weighted by Crippen LogP contribution is 2.36. The molecular weight excluding hydrogens is 840 g/mol. The van der Waals surface area contributed by atoms with E-state index in [1.807, 2.05) is 39.0 Å². The van der Waals surface area contributed by atoms with Crippen molar-refractivity contribution in [2.75, 3.05) is 68.0 Å². The number of amides is 4. The third-order valence-corrected chi connectivity index (χ3v) is 13.6. The highest BCUT2D eigenvalue weighted by molar-refractivity contribution is 6.33. The summed E-state index contributed by atoms with van der Waals surface area (Å²) >= 11 is 6.60. The van der Waals surface area contributed by atoms with E-state index >= 15 is 0 Å². The van der Waals surface area contributed by atoms with Crippen molar-refractivity contribution in [3.8, 4) is 5.75 Å². The van der Waals surface area contributed by atoms with Gasteiger partial charge in [-0.15, -0.1) is 0 Å². The summed E-state index contributed by atoms with van der Waals surface area (Å²) in [5.41, 5.74) is 4.81. The number of ether oxygens (including phenoxy) is 2. The van der Waals surface area contributed by atoms with E-state index in [1.54, 1.807) is 21.7 Å². The molecule has 4 amide bonds. The summed E-state index contributed by atoms with van der Waals surface area (Å²) in [7, 11) is 1.52. The van der Waals surface area contributed by atoms with Crippen LogP contribution in [0.4, 0.5) is 23.1 Å². The normalized spacial score (nSPS) is 21.9. The lowest BCUT2D eigenvalue weighted by Gasteiger charge is -2.47. The maximum Gasteiger partial charge on any atom is 0.293 e. The molecule has 4 fully saturated rings. The van der Waals surface area contributed by atoms with Crippen LogP contribution in [0.1, 0.15) is 79.9 Å². The van der Waals surface area contributed by atoms with E-state index in [2.05, 4.69) is 47.8 Å². The van der Waals surface area contributed by atoms with E-state index < -0.39 is 6.04 Å². The Hall–Kier alpha value is -5.78. The zero-order valence-electron chi connectivity index (χ0n) is 36.7. The number of piperidine rings is 2. The molecule has 64 heavy (non-hydrogen) atoms. The fourth-order valence-electron chi connectivity index (χ4n) is 9.80. The van der Waals surface area contributed by atoms with Crippen molar-refractivity contribution in [3.63, 3.8) is 0 Å². The van der Waals surface area contributed by atoms with Crippen molar-refractivity contribution >= 4 is 69.3 Å². The van der Waals surface area contributed by atoms with E-state index in [0.717, 1.165) is 92.7 Å². The monoisotopic (exact) mass is 894 g/mol. The van der Waals surface area contributed by atoms with Gasteiger partial charge in [-0.05, 0) is 100 Å². The van der Waals surface area contributed by atoms with Crippen LogP contribution in [0.3, 0.4) is 0 Å². The van der Waals surface area contributed by atoms with E-state index in [4.69, 9.17) is 26.1 Å². The second-order valence-corrected chi connectivity index (χ2v) is 18.2. The van der Waals surface area contributed by atoms with Crippen LogP contribution >= 0.6 is 11.6 Å². The van der Waals surface area contributed by atoms with Gasteiger partial charge in [-0.3, -0.25) is 34.2 Å². The number of hydrogen-bond acceptors (Lipinski definition) is 13. The molecule has 3 saturated heterocycles. The molecular formula is C46H55ClN10O7. The summed E-state index contributed by atoms with van der Waals surface area (Å²) in [6.45, 7) is 11.2. The van der Waals surface area contributed by atoms with Crippen LogP contribution in [-0.4, -0.2) is 125 Å². The Balaban J connectivity index is 0.745. The molecule has 6 heterocycles. The molecule has 4 aromatic rings. The van der Waals surface area contributed by atoms with Crippen LogP contribution in [0.2, 0.25) is 5.02 Å². The van der Waals surface area contributed by atoms with Crippen LogP contribution in [-0.2, 0) is 25.7 Å². The molecule has 338 valence electrons. The average Bonchev–Trinajstić information content (AvgIpc) is 3.60. The predicted molar refractivity (Wildman–Crippen MR) is 243 cm³/mol. The van der Waals surface area contributed by atoms with Crippen molar-refractivity contribution in [1.29, 1.82) is 0 Å². The Morgan fingerprint density at radius 3 is 2.44 bits per heavy atom. The van der Waals surface area contributed by atoms with Crippen LogP contribution in [0.15, 0.2) is 47.4 Å². The van der Waals surface area contributed by atoms with E-state index in [9.17, 15) is 24.0 Å². The minimum absolute atomic E-state index is 0.0940. The Bertz CT molecular complexity index is 2550. The molecule has 0 spiro atoms. The maximum absolute atomic E-state index is 13.4. The Morgan fingerprint density at radius 1 is 0.953 bits per heavy atom. The molecule has 5 aliphatic rings. The van der Waals surface area contributed by atoms with Gasteiger partial charge in [0.15, 0.2) is 18.2 Å². The second-order valence-electron chi connectivity index (χ2n) is 17.8. The van der Waals surface area contributed by atoms with Crippen LogP contribution in [0.5, 0.6) is 5.75 Å². The summed E-state index contributed by atoms with van der Waals surface area (Å²) in [6.07, 6.45) is 6.44. The number of imide groups is 1. The van der Waals surface area contributed by atoms with Crippen molar-refractivity contribution < 1.29 is 28.7 Å². The number of carbonyl (C=O) groups is 4. The number of fused-ring (bicyclic) bond motifs is 2. The third kappa shape index (κ3) is 8.72. The molecule has 9 rings (SSSR count). The standard InChI is InChI=1S/C46H55ClN10O7/c1-26(2)57-36-6-5-30(18-28(36)20-38(44(57)61)63-25-40(59)48-4)50-42-35(47)23-49-46(52-42)55-11-9-33(10-12-55)64-34-21-32(22-34)54-15-13-53(14-16-54)31-17-27(3)41-29(19-31)24-56(45(41)62)37-7-8-39(58)51-43(37)60/h5-6,17-20,23,26,32-34,37H,7-16,21-22,24-25H2,1-4H3,(H,48,59)(H,49,50,52)(H,51,58,60)/t32-,34-,37?. The summed E-state index contributed by atoms with van der Waals surface area (Å²) in [5.74, 6) is 0.0163. The number of rotatable bonds is 12. The van der Waals surface area contributed by atoms with Crippen LogP contribution < -0.4 is 36.0 Å². The Kier molecular flexibility index (Phi) is 12.2. The van der Waals surface area contributed by atoms with Gasteiger partial charge < -0.3 is 39.4 Å². The highest BCUT2D eigenvalue weighted by atomic mass is 35.5. The number of aryl methyl sites for hydroxylation is 1. The van der Waals surface area contributed by atoms with E-state index in [1.165, 1.54) is 7.05 Å². The van der Waals surface area contributed by atoms with Gasteiger partial charge in [0.2, 0.25) is 17.8 Å². The minimum Gasteiger partial charge on any atom is -0.478 e. The van der Waals surface area contributed by atoms with Gasteiger partial charge in [0.05, 0.1) is 23.9 Å². The summed E-state index contributed by atoms with van der Waals surface area (Å²) < 4.78 is 13.9. The van der Waals surface area contributed by atoms with E-state index in [0.29, 0.717) is 47.0 Å². The molecule has 2 aromatic heterocycles. The highest BCUT2D eigenvalue weighted by Gasteiger charge is 2.41. The number of nitrogens with zero attached hydrogens (tertiary/aromatic N) is 7. The minimum atomic E-state index is -0.616. The van der Waals surface area contributed by atoms with Gasteiger partial charge in [0, 0.05) is 93.7 Å². The molecule has 1 unspecified atom stereocenters. The van der Waals surface area contributed by atoms with Crippen LogP contribution in [0, 0.1) is 6.92 Å². The maximum atomic E-state index is 13.4. The molecule has 1 aliphatic carbocycles. The molecule has 2 aromatic carbocycles. The van der Waals surface area contributed by atoms with Crippen LogP contribution in [0.25, 0.3) is 10.9 Å². The first kappa shape index (κ1) is 43.5. The third-order valence-electron chi connectivity index (χ3n) is 13.3. The first-order valence-corrected chi connectivity index (χ1v) is 22.7. The van der Waals surface area contributed by atoms with Gasteiger partial charge in [0.25, 0.3) is 17.4 Å². The van der Waals surface area contributed by atoms with E-state index in [-0.39, 0.29) is 66.2 Å². The quantitative estimate of drug-likeness (QED) is 0.171. The van der Waals surface area contributed by atoms with Crippen molar-refractivity contribution in [2.24, 2.45) is 0 Å². The lowest BCUT2D eigenvalue weighted by atomic mass is 9.87. The molecule has 3 N–H and O–H groups in total. The number of anilines is 4.